The van der Waals surface area contributed by atoms with E-state index in [1.165, 1.54) is 6.92 Å². The van der Waals surface area contributed by atoms with Crippen LogP contribution in [0.5, 0.6) is 0 Å². The summed E-state index contributed by atoms with van der Waals surface area (Å²) in [5.74, 6) is -5.06. The Morgan fingerprint density at radius 1 is 0.926 bits per heavy atom. The molecule has 4 unspecified atom stereocenters. The number of aliphatic carboxylic acids is 1. The van der Waals surface area contributed by atoms with Crippen molar-refractivity contribution >= 4 is 29.6 Å². The Morgan fingerprint density at radius 2 is 1.48 bits per heavy atom. The topological polar surface area (TPSA) is 214 Å². The molecule has 27 heavy (non-hydrogen) atoms. The lowest BCUT2D eigenvalue weighted by Gasteiger charge is -2.23. The molecule has 0 aromatic heterocycles. The van der Waals surface area contributed by atoms with E-state index in [0.717, 1.165) is 0 Å². The first-order valence-electron chi connectivity index (χ1n) is 8.19. The van der Waals surface area contributed by atoms with Crippen LogP contribution in [0.15, 0.2) is 0 Å². The molecule has 0 aliphatic rings. The van der Waals surface area contributed by atoms with Gasteiger partial charge < -0.3 is 37.6 Å². The summed E-state index contributed by atoms with van der Waals surface area (Å²) in [6, 6.07) is -5.03. The molecule has 0 aromatic carbocycles. The summed E-state index contributed by atoms with van der Waals surface area (Å²) >= 11 is 0. The van der Waals surface area contributed by atoms with Gasteiger partial charge in [0.05, 0.1) is 13.0 Å². The van der Waals surface area contributed by atoms with Gasteiger partial charge in [-0.15, -0.1) is 0 Å². The highest BCUT2D eigenvalue weighted by Gasteiger charge is 2.29. The van der Waals surface area contributed by atoms with Gasteiger partial charge >= 0.3 is 5.97 Å². The lowest BCUT2D eigenvalue weighted by atomic mass is 10.0. The van der Waals surface area contributed by atoms with Crippen molar-refractivity contribution in [3.8, 4) is 0 Å². The van der Waals surface area contributed by atoms with Gasteiger partial charge in [0.25, 0.3) is 0 Å². The lowest BCUT2D eigenvalue weighted by molar-refractivity contribution is -0.143. The van der Waals surface area contributed by atoms with Crippen LogP contribution < -0.4 is 27.4 Å². The van der Waals surface area contributed by atoms with Gasteiger partial charge in [-0.1, -0.05) is 13.8 Å². The second-order valence-corrected chi connectivity index (χ2v) is 6.32. The van der Waals surface area contributed by atoms with Gasteiger partial charge in [-0.2, -0.15) is 0 Å². The maximum atomic E-state index is 12.3. The molecular formula is C15H27N5O7. The Balaban J connectivity index is 5.03. The zero-order valence-corrected chi connectivity index (χ0v) is 15.4. The summed E-state index contributed by atoms with van der Waals surface area (Å²) in [6.45, 7) is 3.83. The number of nitrogens with two attached hydrogens (primary N) is 2. The van der Waals surface area contributed by atoms with Crippen LogP contribution in [0.2, 0.25) is 0 Å². The van der Waals surface area contributed by atoms with Crippen LogP contribution in [0.1, 0.15) is 27.2 Å². The number of nitrogens with one attached hydrogen (secondary N) is 3. The number of carbonyl (C=O) groups excluding carboxylic acids is 4. The smallest absolute Gasteiger partial charge is 0.326 e. The molecule has 4 amide bonds. The summed E-state index contributed by atoms with van der Waals surface area (Å²) in [4.78, 5) is 58.3. The first-order valence-corrected chi connectivity index (χ1v) is 8.19. The number of amides is 4. The number of carbonyl (C=O) groups is 5. The molecular weight excluding hydrogens is 362 g/mol. The molecule has 4 atom stereocenters. The first kappa shape index (κ1) is 24.3. The van der Waals surface area contributed by atoms with Crippen molar-refractivity contribution in [2.24, 2.45) is 17.4 Å². The zero-order chi connectivity index (χ0) is 21.3. The van der Waals surface area contributed by atoms with Crippen LogP contribution in [0.3, 0.4) is 0 Å². The average Bonchev–Trinajstić information content (AvgIpc) is 2.56. The maximum Gasteiger partial charge on any atom is 0.326 e. The van der Waals surface area contributed by atoms with Crippen molar-refractivity contribution in [3.63, 3.8) is 0 Å². The normalized spacial score (nSPS) is 15.2. The molecule has 0 aliphatic carbocycles. The predicted octanol–water partition coefficient (Wildman–Crippen LogP) is -3.60. The first-order chi connectivity index (χ1) is 12.4. The minimum atomic E-state index is -1.41. The third kappa shape index (κ3) is 8.46. The highest BCUT2D eigenvalue weighted by Crippen LogP contribution is 2.02. The summed E-state index contributed by atoms with van der Waals surface area (Å²) in [5, 5.41) is 24.6. The number of aliphatic hydroxyl groups is 1. The van der Waals surface area contributed by atoms with Crippen LogP contribution in [0.4, 0.5) is 0 Å². The quantitative estimate of drug-likeness (QED) is 0.187. The molecule has 0 bridgehead atoms. The Kier molecular flexibility index (Phi) is 9.96. The van der Waals surface area contributed by atoms with Crippen molar-refractivity contribution in [1.29, 1.82) is 0 Å². The SMILES string of the molecule is CC(NC(=O)C(CC(N)=O)NC(=O)C(N)CO)C(=O)NC(C(=O)O)C(C)C. The fraction of sp³-hybridized carbons (Fsp3) is 0.667. The molecule has 0 radical (unpaired) electrons. The molecule has 9 N–H and O–H groups in total. The Labute approximate surface area is 156 Å². The fourth-order valence-electron chi connectivity index (χ4n) is 1.94. The van der Waals surface area contributed by atoms with Gasteiger partial charge in [0.1, 0.15) is 24.2 Å². The van der Waals surface area contributed by atoms with Crippen LogP contribution in [0.25, 0.3) is 0 Å². The van der Waals surface area contributed by atoms with E-state index in [-0.39, 0.29) is 0 Å². The lowest BCUT2D eigenvalue weighted by Crippen LogP contribution is -2.57. The van der Waals surface area contributed by atoms with Crippen LogP contribution in [-0.2, 0) is 24.0 Å². The number of hydrogen-bond acceptors (Lipinski definition) is 7. The van der Waals surface area contributed by atoms with E-state index in [9.17, 15) is 24.0 Å². The summed E-state index contributed by atoms with van der Waals surface area (Å²) in [7, 11) is 0. The molecule has 0 saturated heterocycles. The molecule has 12 heteroatoms. The van der Waals surface area contributed by atoms with Gasteiger partial charge in [0.15, 0.2) is 0 Å². The maximum absolute atomic E-state index is 12.3. The van der Waals surface area contributed by atoms with Crippen LogP contribution >= 0.6 is 0 Å². The molecule has 0 aliphatic heterocycles. The monoisotopic (exact) mass is 389 g/mol. The van der Waals surface area contributed by atoms with E-state index in [4.69, 9.17) is 21.7 Å². The van der Waals surface area contributed by atoms with E-state index < -0.39 is 72.7 Å². The molecule has 0 aromatic rings. The van der Waals surface area contributed by atoms with Gasteiger partial charge in [-0.25, -0.2) is 4.79 Å². The summed E-state index contributed by atoms with van der Waals surface area (Å²) in [5.41, 5.74) is 10.4. The predicted molar refractivity (Wildman–Crippen MR) is 92.8 cm³/mol. The Hall–Kier alpha value is -2.73. The minimum Gasteiger partial charge on any atom is -0.480 e. The van der Waals surface area contributed by atoms with Crippen molar-refractivity contribution in [2.45, 2.75) is 51.4 Å². The zero-order valence-electron chi connectivity index (χ0n) is 15.4. The molecule has 154 valence electrons. The second kappa shape index (κ2) is 11.1. The van der Waals surface area contributed by atoms with Crippen molar-refractivity contribution in [2.75, 3.05) is 6.61 Å². The van der Waals surface area contributed by atoms with E-state index in [1.807, 2.05) is 0 Å². The Bertz CT molecular complexity index is 581. The number of carboxylic acids is 1. The third-order valence-electron chi connectivity index (χ3n) is 3.55. The summed E-state index contributed by atoms with van der Waals surface area (Å²) < 4.78 is 0. The van der Waals surface area contributed by atoms with Crippen molar-refractivity contribution < 1.29 is 34.2 Å². The van der Waals surface area contributed by atoms with Gasteiger partial charge in [-0.3, -0.25) is 19.2 Å². The summed E-state index contributed by atoms with van der Waals surface area (Å²) in [6.07, 6.45) is -0.562. The molecule has 0 fully saturated rings. The van der Waals surface area contributed by atoms with E-state index in [0.29, 0.717) is 0 Å². The largest absolute Gasteiger partial charge is 0.480 e. The van der Waals surface area contributed by atoms with Crippen molar-refractivity contribution in [3.05, 3.63) is 0 Å². The fourth-order valence-corrected chi connectivity index (χ4v) is 1.94. The highest BCUT2D eigenvalue weighted by molar-refractivity contribution is 5.96. The van der Waals surface area contributed by atoms with E-state index in [1.54, 1.807) is 13.8 Å². The number of aliphatic hydroxyl groups excluding tert-OH is 1. The molecule has 0 saturated carbocycles. The standard InChI is InChI=1S/C15H27N5O7/c1-6(2)11(15(26)27)20-12(23)7(3)18-14(25)9(4-10(17)22)19-13(24)8(16)5-21/h6-9,11,21H,4-5,16H2,1-3H3,(H2,17,22)(H,18,25)(H,19,24)(H,20,23)(H,26,27). The molecule has 0 heterocycles. The number of rotatable bonds is 11. The minimum absolute atomic E-state index is 0.392. The molecule has 0 spiro atoms. The number of carboxylic acid groups (broad SMARTS) is 1. The van der Waals surface area contributed by atoms with Crippen molar-refractivity contribution in [1.82, 2.24) is 16.0 Å². The number of hydrogen-bond donors (Lipinski definition) is 7. The molecule has 0 rings (SSSR count). The number of primary amides is 1. The van der Waals surface area contributed by atoms with E-state index >= 15 is 0 Å². The third-order valence-corrected chi connectivity index (χ3v) is 3.55. The highest BCUT2D eigenvalue weighted by atomic mass is 16.4. The van der Waals surface area contributed by atoms with E-state index in [2.05, 4.69) is 16.0 Å². The van der Waals surface area contributed by atoms with Gasteiger partial charge in [0, 0.05) is 0 Å². The van der Waals surface area contributed by atoms with Gasteiger partial charge in [-0.05, 0) is 12.8 Å². The average molecular weight is 389 g/mol. The van der Waals surface area contributed by atoms with Crippen LogP contribution in [-0.4, -0.2) is 70.6 Å². The molecule has 12 nitrogen and oxygen atoms in total. The second-order valence-electron chi connectivity index (χ2n) is 6.32. The van der Waals surface area contributed by atoms with Gasteiger partial charge in [0.2, 0.25) is 23.6 Å². The van der Waals surface area contributed by atoms with Crippen LogP contribution in [0, 0.1) is 5.92 Å². The Morgan fingerprint density at radius 3 is 1.89 bits per heavy atom.